The minimum Gasteiger partial charge on any atom is -0.493 e. The van der Waals surface area contributed by atoms with E-state index in [1.807, 2.05) is 12.1 Å². The van der Waals surface area contributed by atoms with Crippen molar-refractivity contribution in [3.63, 3.8) is 0 Å². The van der Waals surface area contributed by atoms with Gasteiger partial charge >= 0.3 is 0 Å². The monoisotopic (exact) mass is 294 g/mol. The summed E-state index contributed by atoms with van der Waals surface area (Å²) >= 11 is 0. The molecule has 2 N–H and O–H groups in total. The van der Waals surface area contributed by atoms with Crippen LogP contribution in [0.2, 0.25) is 0 Å². The second-order valence-corrected chi connectivity index (χ2v) is 5.39. The molecule has 1 heterocycles. The van der Waals surface area contributed by atoms with Crippen LogP contribution in [0.5, 0.6) is 11.5 Å². The second kappa shape index (κ2) is 7.64. The van der Waals surface area contributed by atoms with Gasteiger partial charge in [0.15, 0.2) is 11.5 Å². The van der Waals surface area contributed by atoms with Crippen molar-refractivity contribution in [1.29, 1.82) is 0 Å². The third-order valence-electron chi connectivity index (χ3n) is 4.25. The molecule has 2 rings (SSSR count). The van der Waals surface area contributed by atoms with Gasteiger partial charge < -0.3 is 19.9 Å². The highest BCUT2D eigenvalue weighted by molar-refractivity contribution is 5.46. The summed E-state index contributed by atoms with van der Waals surface area (Å²) in [7, 11) is 5.12. The molecule has 0 aromatic heterocycles. The Kier molecular flexibility index (Phi) is 5.85. The fourth-order valence-corrected chi connectivity index (χ4v) is 3.03. The Morgan fingerprint density at radius 1 is 1.24 bits per heavy atom. The Morgan fingerprint density at radius 3 is 2.67 bits per heavy atom. The van der Waals surface area contributed by atoms with Crippen molar-refractivity contribution in [3.05, 3.63) is 23.8 Å². The summed E-state index contributed by atoms with van der Waals surface area (Å²) in [5, 5.41) is 0. The van der Waals surface area contributed by atoms with E-state index < -0.39 is 0 Å². The quantitative estimate of drug-likeness (QED) is 0.864. The molecule has 0 radical (unpaired) electrons. The number of methoxy groups -OCH3 is 3. The number of hydrogen-bond acceptors (Lipinski definition) is 5. The van der Waals surface area contributed by atoms with Crippen molar-refractivity contribution in [1.82, 2.24) is 4.90 Å². The molecule has 1 aromatic rings. The van der Waals surface area contributed by atoms with Crippen LogP contribution in [0, 0.1) is 0 Å². The minimum atomic E-state index is 0.321. The summed E-state index contributed by atoms with van der Waals surface area (Å²) in [5.74, 6) is 1.58. The Hall–Kier alpha value is -1.30. The van der Waals surface area contributed by atoms with Crippen molar-refractivity contribution in [3.8, 4) is 11.5 Å². The molecule has 0 amide bonds. The van der Waals surface area contributed by atoms with Crippen LogP contribution in [0.25, 0.3) is 0 Å². The standard InChI is InChI=1S/C16H26N2O3/c1-19-14-7-8-18(13(9-14)10-17)11-12-5-4-6-15(20-2)16(12)21-3/h4-6,13-14H,7-11,17H2,1-3H3. The number of hydrogen-bond donors (Lipinski definition) is 1. The molecule has 5 heteroatoms. The van der Waals surface area contributed by atoms with E-state index in [9.17, 15) is 0 Å². The first kappa shape index (κ1) is 16.1. The van der Waals surface area contributed by atoms with Crippen LogP contribution in [-0.2, 0) is 11.3 Å². The lowest BCUT2D eigenvalue weighted by Crippen LogP contribution is -2.48. The molecule has 1 saturated heterocycles. The smallest absolute Gasteiger partial charge is 0.165 e. The van der Waals surface area contributed by atoms with Gasteiger partial charge in [-0.15, -0.1) is 0 Å². The van der Waals surface area contributed by atoms with E-state index in [2.05, 4.69) is 11.0 Å². The number of nitrogens with zero attached hydrogens (tertiary/aromatic N) is 1. The first-order chi connectivity index (χ1) is 10.2. The lowest BCUT2D eigenvalue weighted by atomic mass is 9.98. The molecule has 1 fully saturated rings. The zero-order valence-corrected chi connectivity index (χ0v) is 13.2. The van der Waals surface area contributed by atoms with Crippen molar-refractivity contribution in [2.24, 2.45) is 5.73 Å². The summed E-state index contributed by atoms with van der Waals surface area (Å²) in [4.78, 5) is 2.41. The lowest BCUT2D eigenvalue weighted by molar-refractivity contribution is 0.00997. The lowest BCUT2D eigenvalue weighted by Gasteiger charge is -2.38. The van der Waals surface area contributed by atoms with Gasteiger partial charge in [-0.05, 0) is 18.9 Å². The summed E-state index contributed by atoms with van der Waals surface area (Å²) < 4.78 is 16.4. The third kappa shape index (κ3) is 3.67. The van der Waals surface area contributed by atoms with Crippen LogP contribution < -0.4 is 15.2 Å². The summed E-state index contributed by atoms with van der Waals surface area (Å²) in [6, 6.07) is 6.34. The number of para-hydroxylation sites is 1. The highest BCUT2D eigenvalue weighted by Gasteiger charge is 2.28. The van der Waals surface area contributed by atoms with Crippen LogP contribution >= 0.6 is 0 Å². The van der Waals surface area contributed by atoms with Gasteiger partial charge in [-0.2, -0.15) is 0 Å². The maximum atomic E-state index is 5.94. The van der Waals surface area contributed by atoms with Gasteiger partial charge in [-0.25, -0.2) is 0 Å². The maximum Gasteiger partial charge on any atom is 0.165 e. The molecular formula is C16H26N2O3. The molecule has 21 heavy (non-hydrogen) atoms. The van der Waals surface area contributed by atoms with E-state index in [4.69, 9.17) is 19.9 Å². The fourth-order valence-electron chi connectivity index (χ4n) is 3.03. The minimum absolute atomic E-state index is 0.321. The molecule has 0 aliphatic carbocycles. The maximum absolute atomic E-state index is 5.94. The predicted octanol–water partition coefficient (Wildman–Crippen LogP) is 1.64. The van der Waals surface area contributed by atoms with Crippen molar-refractivity contribution >= 4 is 0 Å². The number of nitrogens with two attached hydrogens (primary N) is 1. The molecule has 1 aliphatic rings. The van der Waals surface area contributed by atoms with E-state index >= 15 is 0 Å². The Labute approximate surface area is 127 Å². The first-order valence-electron chi connectivity index (χ1n) is 7.40. The van der Waals surface area contributed by atoms with E-state index in [0.29, 0.717) is 18.7 Å². The zero-order chi connectivity index (χ0) is 15.2. The van der Waals surface area contributed by atoms with Gasteiger partial charge in [0.2, 0.25) is 0 Å². The van der Waals surface area contributed by atoms with Crippen LogP contribution in [0.15, 0.2) is 18.2 Å². The fraction of sp³-hybridized carbons (Fsp3) is 0.625. The molecular weight excluding hydrogens is 268 g/mol. The number of piperidine rings is 1. The molecule has 0 bridgehead atoms. The van der Waals surface area contributed by atoms with Crippen molar-refractivity contribution in [2.75, 3.05) is 34.4 Å². The zero-order valence-electron chi connectivity index (χ0n) is 13.2. The molecule has 5 nitrogen and oxygen atoms in total. The molecule has 118 valence electrons. The Balaban J connectivity index is 2.14. The van der Waals surface area contributed by atoms with Gasteiger partial charge in [0.05, 0.1) is 20.3 Å². The number of ether oxygens (including phenoxy) is 3. The molecule has 0 saturated carbocycles. The summed E-state index contributed by atoms with van der Waals surface area (Å²) in [6.45, 7) is 2.45. The van der Waals surface area contributed by atoms with Gasteiger partial charge in [0.25, 0.3) is 0 Å². The molecule has 1 aromatic carbocycles. The van der Waals surface area contributed by atoms with Crippen LogP contribution in [0.4, 0.5) is 0 Å². The number of likely N-dealkylation sites (tertiary alicyclic amines) is 1. The SMILES string of the molecule is COc1cccc(CN2CCC(OC)CC2CN)c1OC. The van der Waals surface area contributed by atoms with Gasteiger partial charge in [-0.1, -0.05) is 12.1 Å². The number of benzene rings is 1. The predicted molar refractivity (Wildman–Crippen MR) is 82.8 cm³/mol. The van der Waals surface area contributed by atoms with Gasteiger partial charge in [0, 0.05) is 38.3 Å². The van der Waals surface area contributed by atoms with Crippen molar-refractivity contribution < 1.29 is 14.2 Å². The van der Waals surface area contributed by atoms with Crippen molar-refractivity contribution in [2.45, 2.75) is 31.5 Å². The first-order valence-corrected chi connectivity index (χ1v) is 7.40. The van der Waals surface area contributed by atoms with Gasteiger partial charge in [0.1, 0.15) is 0 Å². The Morgan fingerprint density at radius 2 is 2.05 bits per heavy atom. The second-order valence-electron chi connectivity index (χ2n) is 5.39. The normalized spacial score (nSPS) is 23.0. The van der Waals surface area contributed by atoms with Crippen LogP contribution in [-0.4, -0.2) is 51.5 Å². The van der Waals surface area contributed by atoms with E-state index in [0.717, 1.165) is 43.0 Å². The van der Waals surface area contributed by atoms with E-state index in [1.165, 1.54) is 0 Å². The van der Waals surface area contributed by atoms with Crippen LogP contribution in [0.1, 0.15) is 18.4 Å². The number of rotatable bonds is 6. The average molecular weight is 294 g/mol. The van der Waals surface area contributed by atoms with E-state index in [1.54, 1.807) is 21.3 Å². The topological polar surface area (TPSA) is 57.0 Å². The third-order valence-corrected chi connectivity index (χ3v) is 4.25. The molecule has 2 unspecified atom stereocenters. The average Bonchev–Trinajstić information content (AvgIpc) is 2.54. The highest BCUT2D eigenvalue weighted by atomic mass is 16.5. The van der Waals surface area contributed by atoms with Crippen LogP contribution in [0.3, 0.4) is 0 Å². The Bertz CT molecular complexity index is 453. The van der Waals surface area contributed by atoms with E-state index in [-0.39, 0.29) is 0 Å². The molecule has 1 aliphatic heterocycles. The summed E-state index contributed by atoms with van der Waals surface area (Å²) in [6.07, 6.45) is 2.35. The highest BCUT2D eigenvalue weighted by Crippen LogP contribution is 2.32. The molecule has 2 atom stereocenters. The molecule has 0 spiro atoms. The van der Waals surface area contributed by atoms with Gasteiger partial charge in [-0.3, -0.25) is 4.90 Å². The summed E-state index contributed by atoms with van der Waals surface area (Å²) in [5.41, 5.74) is 7.07. The largest absolute Gasteiger partial charge is 0.493 e.